The van der Waals surface area contributed by atoms with Crippen LogP contribution in [0.25, 0.3) is 17.1 Å². The van der Waals surface area contributed by atoms with E-state index in [1.165, 1.54) is 6.08 Å². The summed E-state index contributed by atoms with van der Waals surface area (Å²) in [6.07, 6.45) is 4.80. The lowest BCUT2D eigenvalue weighted by molar-refractivity contribution is -0.111. The lowest BCUT2D eigenvalue weighted by atomic mass is 10.1. The summed E-state index contributed by atoms with van der Waals surface area (Å²) < 4.78 is 0. The number of hydrogen-bond donors (Lipinski definition) is 1. The Morgan fingerprint density at radius 1 is 1.09 bits per heavy atom. The number of carbonyl (C=O) groups is 1. The molecule has 3 aromatic rings. The number of rotatable bonds is 3. The largest absolute Gasteiger partial charge is 0.322 e. The average molecular weight is 303 g/mol. The molecule has 114 valence electrons. The van der Waals surface area contributed by atoms with Gasteiger partial charge in [0.05, 0.1) is 22.9 Å². The molecule has 0 radical (unpaired) electrons. The maximum absolute atomic E-state index is 12.1. The van der Waals surface area contributed by atoms with Gasteiger partial charge in [0.15, 0.2) is 0 Å². The van der Waals surface area contributed by atoms with Crippen LogP contribution in [0.5, 0.6) is 0 Å². The van der Waals surface area contributed by atoms with Crippen LogP contribution in [0.4, 0.5) is 5.69 Å². The molecule has 0 fully saturated rings. The number of para-hydroxylation sites is 2. The highest BCUT2D eigenvalue weighted by Gasteiger charge is 2.02. The third-order valence-corrected chi connectivity index (χ3v) is 3.52. The quantitative estimate of drug-likeness (QED) is 0.747. The number of amides is 1. The topological polar surface area (TPSA) is 54.9 Å². The molecule has 0 aliphatic rings. The number of fused-ring (bicyclic) bond motifs is 1. The normalized spacial score (nSPS) is 11.0. The van der Waals surface area contributed by atoms with Gasteiger partial charge in [0.2, 0.25) is 5.91 Å². The Morgan fingerprint density at radius 3 is 2.70 bits per heavy atom. The Bertz CT molecular complexity index is 900. The van der Waals surface area contributed by atoms with E-state index < -0.39 is 0 Å². The van der Waals surface area contributed by atoms with Crippen LogP contribution in [0.1, 0.15) is 16.8 Å². The van der Waals surface area contributed by atoms with Crippen molar-refractivity contribution in [1.29, 1.82) is 0 Å². The molecule has 4 nitrogen and oxygen atoms in total. The van der Waals surface area contributed by atoms with Gasteiger partial charge in [-0.3, -0.25) is 9.78 Å². The summed E-state index contributed by atoms with van der Waals surface area (Å²) in [6, 6.07) is 13.6. The molecule has 1 aromatic heterocycles. The maximum Gasteiger partial charge on any atom is 0.248 e. The molecule has 1 heterocycles. The second-order valence-electron chi connectivity index (χ2n) is 5.42. The van der Waals surface area contributed by atoms with Gasteiger partial charge in [-0.2, -0.15) is 0 Å². The van der Waals surface area contributed by atoms with Gasteiger partial charge in [0.25, 0.3) is 0 Å². The third-order valence-electron chi connectivity index (χ3n) is 3.52. The van der Waals surface area contributed by atoms with E-state index in [1.807, 2.05) is 56.3 Å². The summed E-state index contributed by atoms with van der Waals surface area (Å²) in [5.41, 5.74) is 5.26. The van der Waals surface area contributed by atoms with Crippen LogP contribution in [0, 0.1) is 13.8 Å². The molecule has 1 amide bonds. The standard InChI is InChI=1S/C19H17N3O/c1-13-7-8-14(2)18(11-13)22-19(23)10-9-15-12-20-16-5-3-4-6-17(16)21-15/h3-12H,1-2H3,(H,22,23)/b10-9+. The van der Waals surface area contributed by atoms with Crippen molar-refractivity contribution in [3.8, 4) is 0 Å². The molecule has 0 aliphatic heterocycles. The number of carbonyl (C=O) groups excluding carboxylic acids is 1. The number of benzene rings is 2. The SMILES string of the molecule is Cc1ccc(C)c(NC(=O)/C=C/c2cnc3ccccc3n2)c1. The maximum atomic E-state index is 12.1. The van der Waals surface area contributed by atoms with Gasteiger partial charge in [-0.1, -0.05) is 24.3 Å². The van der Waals surface area contributed by atoms with Crippen LogP contribution in [0.2, 0.25) is 0 Å². The number of hydrogen-bond acceptors (Lipinski definition) is 3. The van der Waals surface area contributed by atoms with Crippen molar-refractivity contribution in [1.82, 2.24) is 9.97 Å². The lowest BCUT2D eigenvalue weighted by Crippen LogP contribution is -2.09. The number of nitrogens with one attached hydrogen (secondary N) is 1. The van der Waals surface area contributed by atoms with Gasteiger partial charge < -0.3 is 5.32 Å². The molecule has 0 spiro atoms. The van der Waals surface area contributed by atoms with Gasteiger partial charge in [-0.05, 0) is 49.2 Å². The highest BCUT2D eigenvalue weighted by Crippen LogP contribution is 2.16. The van der Waals surface area contributed by atoms with Crippen LogP contribution in [0.3, 0.4) is 0 Å². The van der Waals surface area contributed by atoms with Crippen molar-refractivity contribution in [2.75, 3.05) is 5.32 Å². The highest BCUT2D eigenvalue weighted by molar-refractivity contribution is 6.02. The molecule has 0 saturated heterocycles. The molecule has 23 heavy (non-hydrogen) atoms. The molecule has 0 bridgehead atoms. The summed E-state index contributed by atoms with van der Waals surface area (Å²) in [5.74, 6) is -0.186. The van der Waals surface area contributed by atoms with E-state index >= 15 is 0 Å². The Hall–Kier alpha value is -3.01. The van der Waals surface area contributed by atoms with E-state index in [-0.39, 0.29) is 5.91 Å². The van der Waals surface area contributed by atoms with Crippen LogP contribution in [0.15, 0.2) is 54.7 Å². The highest BCUT2D eigenvalue weighted by atomic mass is 16.1. The minimum Gasteiger partial charge on any atom is -0.322 e. The van der Waals surface area contributed by atoms with Crippen LogP contribution >= 0.6 is 0 Å². The Morgan fingerprint density at radius 2 is 1.87 bits per heavy atom. The van der Waals surface area contributed by atoms with Crippen LogP contribution in [-0.2, 0) is 4.79 Å². The molecule has 1 N–H and O–H groups in total. The first-order valence-corrected chi connectivity index (χ1v) is 7.40. The summed E-state index contributed by atoms with van der Waals surface area (Å²) in [5, 5.41) is 2.88. The fourth-order valence-corrected chi connectivity index (χ4v) is 2.26. The summed E-state index contributed by atoms with van der Waals surface area (Å²) >= 11 is 0. The first-order chi connectivity index (χ1) is 11.1. The lowest BCUT2D eigenvalue weighted by Gasteiger charge is -2.07. The molecule has 2 aromatic carbocycles. The Labute approximate surface area is 134 Å². The molecular weight excluding hydrogens is 286 g/mol. The minimum atomic E-state index is -0.186. The number of nitrogens with zero attached hydrogens (tertiary/aromatic N) is 2. The summed E-state index contributed by atoms with van der Waals surface area (Å²) in [7, 11) is 0. The van der Waals surface area contributed by atoms with E-state index in [4.69, 9.17) is 0 Å². The van der Waals surface area contributed by atoms with E-state index in [9.17, 15) is 4.79 Å². The van der Waals surface area contributed by atoms with Gasteiger partial charge >= 0.3 is 0 Å². The van der Waals surface area contributed by atoms with E-state index in [0.717, 1.165) is 27.8 Å². The molecule has 0 aliphatic carbocycles. The third kappa shape index (κ3) is 3.61. The molecule has 3 rings (SSSR count). The first kappa shape index (κ1) is 14.9. The summed E-state index contributed by atoms with van der Waals surface area (Å²) in [6.45, 7) is 3.96. The van der Waals surface area contributed by atoms with Crippen molar-refractivity contribution < 1.29 is 4.79 Å². The van der Waals surface area contributed by atoms with Gasteiger partial charge in [0.1, 0.15) is 0 Å². The van der Waals surface area contributed by atoms with Gasteiger partial charge in [-0.15, -0.1) is 0 Å². The summed E-state index contributed by atoms with van der Waals surface area (Å²) in [4.78, 5) is 20.8. The Balaban J connectivity index is 1.75. The van der Waals surface area contributed by atoms with Crippen LogP contribution < -0.4 is 5.32 Å². The Kier molecular flexibility index (Phi) is 4.15. The first-order valence-electron chi connectivity index (χ1n) is 7.40. The molecule has 4 heteroatoms. The number of aryl methyl sites for hydroxylation is 2. The molecule has 0 atom stereocenters. The zero-order valence-electron chi connectivity index (χ0n) is 13.1. The fourth-order valence-electron chi connectivity index (χ4n) is 2.26. The van der Waals surface area contributed by atoms with Crippen molar-refractivity contribution in [3.05, 3.63) is 71.6 Å². The second-order valence-corrected chi connectivity index (χ2v) is 5.42. The van der Waals surface area contributed by atoms with E-state index in [1.54, 1.807) is 12.3 Å². The van der Waals surface area contributed by atoms with Crippen molar-refractivity contribution in [3.63, 3.8) is 0 Å². The van der Waals surface area contributed by atoms with Crippen molar-refractivity contribution >= 4 is 28.7 Å². The fraction of sp³-hybridized carbons (Fsp3) is 0.105. The zero-order valence-corrected chi connectivity index (χ0v) is 13.1. The van der Waals surface area contributed by atoms with E-state index in [0.29, 0.717) is 5.69 Å². The molecule has 0 saturated carbocycles. The number of anilines is 1. The second kappa shape index (κ2) is 6.40. The van der Waals surface area contributed by atoms with Gasteiger partial charge in [-0.25, -0.2) is 4.98 Å². The molecule has 0 unspecified atom stereocenters. The van der Waals surface area contributed by atoms with E-state index in [2.05, 4.69) is 15.3 Å². The van der Waals surface area contributed by atoms with Crippen molar-refractivity contribution in [2.45, 2.75) is 13.8 Å². The predicted octanol–water partition coefficient (Wildman–Crippen LogP) is 3.90. The van der Waals surface area contributed by atoms with Crippen molar-refractivity contribution in [2.24, 2.45) is 0 Å². The molecular formula is C19H17N3O. The monoisotopic (exact) mass is 303 g/mol. The predicted molar refractivity (Wildman–Crippen MR) is 93.1 cm³/mol. The number of aromatic nitrogens is 2. The average Bonchev–Trinajstić information content (AvgIpc) is 2.56. The zero-order chi connectivity index (χ0) is 16.2. The van der Waals surface area contributed by atoms with Gasteiger partial charge in [0, 0.05) is 11.8 Å². The van der Waals surface area contributed by atoms with Crippen LogP contribution in [-0.4, -0.2) is 15.9 Å². The smallest absolute Gasteiger partial charge is 0.248 e. The minimum absolute atomic E-state index is 0.186.